The molecule has 0 spiro atoms. The van der Waals surface area contributed by atoms with Crippen LogP contribution in [0.15, 0.2) is 29.2 Å². The normalized spacial score (nSPS) is 11.3. The highest BCUT2D eigenvalue weighted by Crippen LogP contribution is 2.24. The molecule has 1 rings (SSSR count). The van der Waals surface area contributed by atoms with Crippen LogP contribution in [-0.2, 0) is 20.4 Å². The number of thioether (sulfide) groups is 1. The van der Waals surface area contributed by atoms with E-state index in [4.69, 9.17) is 0 Å². The van der Waals surface area contributed by atoms with E-state index in [-0.39, 0.29) is 10.9 Å². The van der Waals surface area contributed by atoms with Gasteiger partial charge in [-0.3, -0.25) is 4.79 Å². The van der Waals surface area contributed by atoms with Crippen molar-refractivity contribution in [3.05, 3.63) is 29.8 Å². The van der Waals surface area contributed by atoms with Crippen molar-refractivity contribution < 1.29 is 13.2 Å². The summed E-state index contributed by atoms with van der Waals surface area (Å²) in [5.41, 5.74) is 0.681. The fourth-order valence-electron chi connectivity index (χ4n) is 1.16. The Hall–Kier alpha value is -0.810. The summed E-state index contributed by atoms with van der Waals surface area (Å²) >= 11 is 1.06. The van der Waals surface area contributed by atoms with Crippen LogP contribution in [0.2, 0.25) is 0 Å². The zero-order chi connectivity index (χ0) is 11.5. The monoisotopic (exact) mass is 244 g/mol. The molecule has 0 aliphatic rings. The van der Waals surface area contributed by atoms with Gasteiger partial charge >= 0.3 is 0 Å². The molecule has 0 saturated heterocycles. The van der Waals surface area contributed by atoms with Crippen molar-refractivity contribution in [1.82, 2.24) is 0 Å². The van der Waals surface area contributed by atoms with Crippen LogP contribution in [0.25, 0.3) is 0 Å². The Balaban J connectivity index is 3.01. The van der Waals surface area contributed by atoms with Crippen molar-refractivity contribution in [2.24, 2.45) is 0 Å². The molecule has 0 atom stereocenters. The van der Waals surface area contributed by atoms with Crippen LogP contribution >= 0.6 is 11.8 Å². The van der Waals surface area contributed by atoms with Gasteiger partial charge in [0.15, 0.2) is 15.0 Å². The van der Waals surface area contributed by atoms with Crippen molar-refractivity contribution in [2.45, 2.75) is 17.6 Å². The molecule has 0 saturated carbocycles. The standard InChI is InChI=1S/C10H12O3S2/c1-8(11)14-10-6-4-3-5-9(10)7-15(2,12)13/h3-6H,7H2,1-2H3. The summed E-state index contributed by atoms with van der Waals surface area (Å²) in [6.07, 6.45) is 1.18. The van der Waals surface area contributed by atoms with Gasteiger partial charge in [-0.1, -0.05) is 30.0 Å². The van der Waals surface area contributed by atoms with E-state index in [0.29, 0.717) is 5.56 Å². The first kappa shape index (κ1) is 12.3. The first-order chi connectivity index (χ1) is 6.88. The lowest BCUT2D eigenvalue weighted by Gasteiger charge is -2.05. The number of carbonyl (C=O) groups excluding carboxylic acids is 1. The third-order valence-corrected chi connectivity index (χ3v) is 3.39. The Morgan fingerprint density at radius 1 is 1.33 bits per heavy atom. The minimum Gasteiger partial charge on any atom is -0.287 e. The minimum absolute atomic E-state index is 0.0244. The van der Waals surface area contributed by atoms with Gasteiger partial charge in [-0.25, -0.2) is 8.42 Å². The second-order valence-electron chi connectivity index (χ2n) is 3.27. The van der Waals surface area contributed by atoms with Crippen LogP contribution in [-0.4, -0.2) is 19.8 Å². The summed E-state index contributed by atoms with van der Waals surface area (Å²) in [7, 11) is -3.06. The van der Waals surface area contributed by atoms with Crippen LogP contribution in [0.1, 0.15) is 12.5 Å². The smallest absolute Gasteiger partial charge is 0.190 e. The van der Waals surface area contributed by atoms with Gasteiger partial charge in [0.2, 0.25) is 0 Å². The largest absolute Gasteiger partial charge is 0.287 e. The highest BCUT2D eigenvalue weighted by atomic mass is 32.2. The van der Waals surface area contributed by atoms with E-state index in [1.54, 1.807) is 24.3 Å². The lowest BCUT2D eigenvalue weighted by molar-refractivity contribution is -0.109. The maximum absolute atomic E-state index is 11.1. The first-order valence-electron chi connectivity index (χ1n) is 4.32. The molecule has 0 amide bonds. The molecule has 0 aliphatic heterocycles. The number of carbonyl (C=O) groups is 1. The summed E-state index contributed by atoms with van der Waals surface area (Å²) in [6, 6.07) is 7.04. The van der Waals surface area contributed by atoms with Gasteiger partial charge in [-0.05, 0) is 11.6 Å². The zero-order valence-electron chi connectivity index (χ0n) is 8.56. The van der Waals surface area contributed by atoms with Gasteiger partial charge in [0.25, 0.3) is 0 Å². The van der Waals surface area contributed by atoms with Crippen LogP contribution in [0.3, 0.4) is 0 Å². The van der Waals surface area contributed by atoms with E-state index in [2.05, 4.69) is 0 Å². The maximum atomic E-state index is 11.1. The van der Waals surface area contributed by atoms with Gasteiger partial charge in [-0.15, -0.1) is 0 Å². The molecule has 1 aromatic rings. The maximum Gasteiger partial charge on any atom is 0.190 e. The molecule has 82 valence electrons. The van der Waals surface area contributed by atoms with E-state index in [9.17, 15) is 13.2 Å². The summed E-state index contributed by atoms with van der Waals surface area (Å²) in [6.45, 7) is 1.46. The number of sulfone groups is 1. The van der Waals surface area contributed by atoms with Gasteiger partial charge < -0.3 is 0 Å². The molecule has 0 aromatic heterocycles. The molecule has 1 aromatic carbocycles. The first-order valence-corrected chi connectivity index (χ1v) is 7.20. The summed E-state index contributed by atoms with van der Waals surface area (Å²) in [5, 5.41) is -0.0454. The van der Waals surface area contributed by atoms with Gasteiger partial charge in [0.05, 0.1) is 5.75 Å². The SMILES string of the molecule is CC(=O)Sc1ccccc1CS(C)(=O)=O. The minimum atomic E-state index is -3.06. The second-order valence-corrected chi connectivity index (χ2v) is 6.63. The summed E-state index contributed by atoms with van der Waals surface area (Å²) < 4.78 is 22.3. The van der Waals surface area contributed by atoms with E-state index in [1.807, 2.05) is 0 Å². The quantitative estimate of drug-likeness (QED) is 0.762. The van der Waals surface area contributed by atoms with E-state index in [0.717, 1.165) is 16.7 Å². The highest BCUT2D eigenvalue weighted by molar-refractivity contribution is 8.13. The molecular weight excluding hydrogens is 232 g/mol. The number of hydrogen-bond acceptors (Lipinski definition) is 4. The Kier molecular flexibility index (Phi) is 3.93. The fraction of sp³-hybridized carbons (Fsp3) is 0.300. The topological polar surface area (TPSA) is 51.2 Å². The second kappa shape index (κ2) is 4.81. The van der Waals surface area contributed by atoms with Crippen molar-refractivity contribution in [3.8, 4) is 0 Å². The molecule has 0 radical (unpaired) electrons. The highest BCUT2D eigenvalue weighted by Gasteiger charge is 2.10. The van der Waals surface area contributed by atoms with Crippen molar-refractivity contribution in [2.75, 3.05) is 6.26 Å². The molecule has 0 unspecified atom stereocenters. The van der Waals surface area contributed by atoms with Crippen LogP contribution in [0.5, 0.6) is 0 Å². The zero-order valence-corrected chi connectivity index (χ0v) is 10.2. The average Bonchev–Trinajstić information content (AvgIpc) is 2.05. The van der Waals surface area contributed by atoms with E-state index < -0.39 is 9.84 Å². The number of hydrogen-bond donors (Lipinski definition) is 0. The molecule has 0 fully saturated rings. The predicted octanol–water partition coefficient (Wildman–Crippen LogP) is 1.87. The van der Waals surface area contributed by atoms with Crippen molar-refractivity contribution in [3.63, 3.8) is 0 Å². The molecular formula is C10H12O3S2. The molecule has 5 heteroatoms. The molecule has 0 bridgehead atoms. The molecule has 0 N–H and O–H groups in total. The fourth-order valence-corrected chi connectivity index (χ4v) is 2.80. The van der Waals surface area contributed by atoms with E-state index in [1.165, 1.54) is 13.2 Å². The third-order valence-electron chi connectivity index (χ3n) is 1.64. The summed E-state index contributed by atoms with van der Waals surface area (Å²) in [4.78, 5) is 11.7. The Morgan fingerprint density at radius 2 is 1.93 bits per heavy atom. The lowest BCUT2D eigenvalue weighted by Crippen LogP contribution is -2.02. The molecule has 0 aliphatic carbocycles. The molecule has 15 heavy (non-hydrogen) atoms. The van der Waals surface area contributed by atoms with Crippen molar-refractivity contribution in [1.29, 1.82) is 0 Å². The Bertz CT molecular complexity index is 463. The van der Waals surface area contributed by atoms with Crippen LogP contribution < -0.4 is 0 Å². The third kappa shape index (κ3) is 4.48. The average molecular weight is 244 g/mol. The summed E-state index contributed by atoms with van der Waals surface area (Å²) in [5.74, 6) is -0.0244. The number of rotatable bonds is 3. The van der Waals surface area contributed by atoms with E-state index >= 15 is 0 Å². The van der Waals surface area contributed by atoms with Crippen LogP contribution in [0, 0.1) is 0 Å². The van der Waals surface area contributed by atoms with Crippen LogP contribution in [0.4, 0.5) is 0 Å². The van der Waals surface area contributed by atoms with Gasteiger partial charge in [0.1, 0.15) is 0 Å². The van der Waals surface area contributed by atoms with Crippen molar-refractivity contribution >= 4 is 26.7 Å². The van der Waals surface area contributed by atoms with Gasteiger partial charge in [-0.2, -0.15) is 0 Å². The number of benzene rings is 1. The molecule has 3 nitrogen and oxygen atoms in total. The Morgan fingerprint density at radius 3 is 2.47 bits per heavy atom. The predicted molar refractivity (Wildman–Crippen MR) is 61.5 cm³/mol. The lowest BCUT2D eigenvalue weighted by atomic mass is 10.2. The van der Waals surface area contributed by atoms with Gasteiger partial charge in [0, 0.05) is 18.1 Å². The Labute approximate surface area is 93.8 Å². The molecule has 0 heterocycles.